The Morgan fingerprint density at radius 1 is 1.33 bits per heavy atom. The molecule has 2 unspecified atom stereocenters. The van der Waals surface area contributed by atoms with Crippen LogP contribution in [0, 0.1) is 18.3 Å². The van der Waals surface area contributed by atoms with Crippen molar-refractivity contribution in [2.24, 2.45) is 5.92 Å². The molecule has 0 aromatic carbocycles. The van der Waals surface area contributed by atoms with E-state index < -0.39 is 0 Å². The molecule has 0 saturated carbocycles. The number of carbonyl (C=O) groups is 1. The molecule has 2 rings (SSSR count). The Morgan fingerprint density at radius 3 is 2.60 bits per heavy atom. The van der Waals surface area contributed by atoms with E-state index in [0.717, 1.165) is 23.3 Å². The van der Waals surface area contributed by atoms with Gasteiger partial charge in [-0.3, -0.25) is 4.79 Å². The first kappa shape index (κ1) is 11.1. The highest BCUT2D eigenvalue weighted by Crippen LogP contribution is 2.44. The fourth-order valence-corrected chi connectivity index (χ4v) is 4.56. The Labute approximate surface area is 96.4 Å². The summed E-state index contributed by atoms with van der Waals surface area (Å²) in [6.07, 6.45) is 12.7. The van der Waals surface area contributed by atoms with Crippen molar-refractivity contribution in [3.63, 3.8) is 0 Å². The van der Waals surface area contributed by atoms with Gasteiger partial charge in [-0.2, -0.15) is 11.8 Å². The van der Waals surface area contributed by atoms with Crippen LogP contribution in [0.25, 0.3) is 0 Å². The summed E-state index contributed by atoms with van der Waals surface area (Å²) in [5, 5.41) is 1.52. The minimum atomic E-state index is 0.329. The van der Waals surface area contributed by atoms with Crippen LogP contribution in [-0.4, -0.2) is 16.3 Å². The van der Waals surface area contributed by atoms with Gasteiger partial charge in [-0.1, -0.05) is 6.42 Å². The Bertz CT molecular complexity index is 267. The van der Waals surface area contributed by atoms with Crippen LogP contribution >= 0.6 is 11.8 Å². The van der Waals surface area contributed by atoms with E-state index in [1.54, 1.807) is 0 Å². The highest BCUT2D eigenvalue weighted by Gasteiger charge is 2.34. The van der Waals surface area contributed by atoms with Crippen molar-refractivity contribution in [2.75, 3.05) is 0 Å². The maximum absolute atomic E-state index is 11.9. The van der Waals surface area contributed by atoms with Crippen molar-refractivity contribution in [1.82, 2.24) is 0 Å². The first-order valence-electron chi connectivity index (χ1n) is 5.91. The molecule has 0 amide bonds. The lowest BCUT2D eigenvalue weighted by atomic mass is 9.85. The third-order valence-electron chi connectivity index (χ3n) is 3.50. The van der Waals surface area contributed by atoms with Crippen LogP contribution in [0.5, 0.6) is 0 Å². The number of hydrogen-bond acceptors (Lipinski definition) is 2. The van der Waals surface area contributed by atoms with Gasteiger partial charge in [0.1, 0.15) is 5.78 Å². The van der Waals surface area contributed by atoms with E-state index >= 15 is 0 Å². The molecule has 2 atom stereocenters. The van der Waals surface area contributed by atoms with Crippen molar-refractivity contribution in [2.45, 2.75) is 55.4 Å². The molecular weight excluding hydrogens is 204 g/mol. The number of ketones is 1. The summed E-state index contributed by atoms with van der Waals surface area (Å²) >= 11 is 2.13. The molecule has 2 heteroatoms. The van der Waals surface area contributed by atoms with E-state index in [9.17, 15) is 4.79 Å². The lowest BCUT2D eigenvalue weighted by Gasteiger charge is -2.37. The zero-order valence-corrected chi connectivity index (χ0v) is 9.89. The van der Waals surface area contributed by atoms with Gasteiger partial charge in [0.05, 0.1) is 0 Å². The molecule has 0 aromatic heterocycles. The zero-order chi connectivity index (χ0) is 10.7. The molecule has 2 aliphatic rings. The van der Waals surface area contributed by atoms with Crippen molar-refractivity contribution in [3.05, 3.63) is 0 Å². The quantitative estimate of drug-likeness (QED) is 0.683. The summed E-state index contributed by atoms with van der Waals surface area (Å²) in [7, 11) is 0. The summed E-state index contributed by atoms with van der Waals surface area (Å²) < 4.78 is 0. The van der Waals surface area contributed by atoms with Crippen LogP contribution in [0.15, 0.2) is 0 Å². The SMILES string of the molecule is C#CCCC(=O)C1CC2CCCC(C1)S2. The molecule has 1 nitrogen and oxygen atoms in total. The number of fused-ring (bicyclic) bond motifs is 2. The van der Waals surface area contributed by atoms with E-state index in [1.807, 2.05) is 0 Å². The standard InChI is InChI=1S/C13H18OS/c1-2-3-7-13(14)10-8-11-5-4-6-12(9-10)15-11/h1,10-12H,3-9H2. The monoisotopic (exact) mass is 222 g/mol. The molecule has 0 N–H and O–H groups in total. The van der Waals surface area contributed by atoms with E-state index in [1.165, 1.54) is 19.3 Å². The second-order valence-corrected chi connectivity index (χ2v) is 6.26. The smallest absolute Gasteiger partial charge is 0.137 e. The van der Waals surface area contributed by atoms with Gasteiger partial charge in [0.15, 0.2) is 0 Å². The van der Waals surface area contributed by atoms with Crippen LogP contribution < -0.4 is 0 Å². The van der Waals surface area contributed by atoms with Crippen molar-refractivity contribution in [3.8, 4) is 12.3 Å². The minimum absolute atomic E-state index is 0.329. The predicted octanol–water partition coefficient (Wildman–Crippen LogP) is 3.03. The maximum atomic E-state index is 11.9. The first-order chi connectivity index (χ1) is 7.29. The lowest BCUT2D eigenvalue weighted by molar-refractivity contribution is -0.123. The van der Waals surface area contributed by atoms with Crippen LogP contribution in [0.2, 0.25) is 0 Å². The molecule has 2 bridgehead atoms. The average Bonchev–Trinajstić information content (AvgIpc) is 2.25. The Balaban J connectivity index is 1.88. The zero-order valence-electron chi connectivity index (χ0n) is 9.08. The number of thioether (sulfide) groups is 1. The van der Waals surface area contributed by atoms with Gasteiger partial charge in [-0.15, -0.1) is 12.3 Å². The Kier molecular flexibility index (Phi) is 3.75. The summed E-state index contributed by atoms with van der Waals surface area (Å²) in [5.41, 5.74) is 0. The third kappa shape index (κ3) is 2.78. The van der Waals surface area contributed by atoms with Crippen molar-refractivity contribution in [1.29, 1.82) is 0 Å². The van der Waals surface area contributed by atoms with Gasteiger partial charge in [0, 0.05) is 29.3 Å². The molecule has 0 radical (unpaired) electrons. The molecule has 2 fully saturated rings. The van der Waals surface area contributed by atoms with Crippen LogP contribution in [0.4, 0.5) is 0 Å². The van der Waals surface area contributed by atoms with Gasteiger partial charge in [-0.25, -0.2) is 0 Å². The second kappa shape index (κ2) is 5.07. The number of rotatable bonds is 3. The van der Waals surface area contributed by atoms with Crippen molar-refractivity contribution < 1.29 is 4.79 Å². The van der Waals surface area contributed by atoms with Gasteiger partial charge >= 0.3 is 0 Å². The highest BCUT2D eigenvalue weighted by atomic mass is 32.2. The normalized spacial score (nSPS) is 34.5. The number of carbonyl (C=O) groups excluding carboxylic acids is 1. The molecule has 0 aromatic rings. The van der Waals surface area contributed by atoms with E-state index in [-0.39, 0.29) is 0 Å². The third-order valence-corrected chi connectivity index (χ3v) is 5.13. The van der Waals surface area contributed by atoms with E-state index in [2.05, 4.69) is 17.7 Å². The van der Waals surface area contributed by atoms with Crippen LogP contribution in [-0.2, 0) is 4.79 Å². The van der Waals surface area contributed by atoms with Gasteiger partial charge in [-0.05, 0) is 25.7 Å². The molecule has 0 spiro atoms. The highest BCUT2D eigenvalue weighted by molar-refractivity contribution is 8.00. The van der Waals surface area contributed by atoms with Crippen molar-refractivity contribution >= 4 is 17.5 Å². The molecule has 2 heterocycles. The molecule has 2 aliphatic heterocycles. The van der Waals surface area contributed by atoms with Gasteiger partial charge < -0.3 is 0 Å². The van der Waals surface area contributed by atoms with Crippen LogP contribution in [0.1, 0.15) is 44.9 Å². The molecule has 0 aliphatic carbocycles. The maximum Gasteiger partial charge on any atom is 0.137 e. The largest absolute Gasteiger partial charge is 0.299 e. The van der Waals surface area contributed by atoms with E-state index in [0.29, 0.717) is 24.5 Å². The lowest BCUT2D eigenvalue weighted by Crippen LogP contribution is -2.32. The summed E-state index contributed by atoms with van der Waals surface area (Å²) in [5.74, 6) is 3.31. The Hall–Kier alpha value is -0.420. The minimum Gasteiger partial charge on any atom is -0.299 e. The summed E-state index contributed by atoms with van der Waals surface area (Å²) in [4.78, 5) is 11.9. The van der Waals surface area contributed by atoms with Crippen LogP contribution in [0.3, 0.4) is 0 Å². The Morgan fingerprint density at radius 2 is 2.00 bits per heavy atom. The predicted molar refractivity (Wildman–Crippen MR) is 64.8 cm³/mol. The average molecular weight is 222 g/mol. The summed E-state index contributed by atoms with van der Waals surface area (Å²) in [6, 6.07) is 0. The molecular formula is C13H18OS. The molecule has 82 valence electrons. The topological polar surface area (TPSA) is 17.1 Å². The number of Topliss-reactive ketones (excluding diaryl/α,β-unsaturated/α-hetero) is 1. The molecule has 15 heavy (non-hydrogen) atoms. The van der Waals surface area contributed by atoms with Gasteiger partial charge in [0.2, 0.25) is 0 Å². The van der Waals surface area contributed by atoms with Gasteiger partial charge in [0.25, 0.3) is 0 Å². The number of hydrogen-bond donors (Lipinski definition) is 0. The second-order valence-electron chi connectivity index (χ2n) is 4.65. The fraction of sp³-hybridized carbons (Fsp3) is 0.769. The number of terminal acetylenes is 1. The first-order valence-corrected chi connectivity index (χ1v) is 6.85. The molecule has 2 saturated heterocycles. The fourth-order valence-electron chi connectivity index (χ4n) is 2.72. The summed E-state index contributed by atoms with van der Waals surface area (Å²) in [6.45, 7) is 0. The van der Waals surface area contributed by atoms with E-state index in [4.69, 9.17) is 6.42 Å².